The van der Waals surface area contributed by atoms with Crippen LogP contribution in [0.15, 0.2) is 28.0 Å². The molecule has 5 heteroatoms. The summed E-state index contributed by atoms with van der Waals surface area (Å²) in [6.45, 7) is 2.04. The Balaban J connectivity index is 1.69. The maximum Gasteiger partial charge on any atom is 0.161 e. The first kappa shape index (κ1) is 10.6. The smallest absolute Gasteiger partial charge is 0.161 e. The van der Waals surface area contributed by atoms with Crippen LogP contribution < -0.4 is 0 Å². The summed E-state index contributed by atoms with van der Waals surface area (Å²) in [4.78, 5) is 5.22. The van der Waals surface area contributed by atoms with Crippen molar-refractivity contribution >= 4 is 5.71 Å². The van der Waals surface area contributed by atoms with Gasteiger partial charge in [-0.3, -0.25) is 0 Å². The molecule has 0 spiro atoms. The highest BCUT2D eigenvalue weighted by Crippen LogP contribution is 2.46. The Kier molecular flexibility index (Phi) is 2.41. The summed E-state index contributed by atoms with van der Waals surface area (Å²) < 4.78 is 16.9. The van der Waals surface area contributed by atoms with E-state index >= 15 is 0 Å². The maximum absolute atomic E-state index is 5.67. The second-order valence-electron chi connectivity index (χ2n) is 5.01. The van der Waals surface area contributed by atoms with E-state index in [1.54, 1.807) is 6.26 Å². The molecule has 0 radical (unpaired) electrons. The summed E-state index contributed by atoms with van der Waals surface area (Å²) >= 11 is 0. The number of hydrogen-bond acceptors (Lipinski definition) is 5. The molecule has 5 nitrogen and oxygen atoms in total. The van der Waals surface area contributed by atoms with Gasteiger partial charge in [0.05, 0.1) is 31.1 Å². The normalized spacial score (nSPS) is 35.6. The summed E-state index contributed by atoms with van der Waals surface area (Å²) in [5.74, 6) is 1.74. The van der Waals surface area contributed by atoms with Crippen molar-refractivity contribution in [2.24, 2.45) is 17.0 Å². The van der Waals surface area contributed by atoms with Gasteiger partial charge in [-0.2, -0.15) is 0 Å². The Morgan fingerprint density at radius 1 is 1.22 bits per heavy atom. The van der Waals surface area contributed by atoms with Crippen LogP contribution in [0.2, 0.25) is 0 Å². The first-order valence-electron chi connectivity index (χ1n) is 6.40. The molecule has 0 unspecified atom stereocenters. The van der Waals surface area contributed by atoms with Gasteiger partial charge < -0.3 is 18.7 Å². The second kappa shape index (κ2) is 4.10. The number of oxime groups is 1. The Labute approximate surface area is 105 Å². The average Bonchev–Trinajstić information content (AvgIpc) is 3.13. The van der Waals surface area contributed by atoms with Gasteiger partial charge in [0.25, 0.3) is 0 Å². The standard InChI is InChI=1S/C13H15NO4/c1-2-10(15-3-1)11-9(13-16-4-5-17-13)6-8-7-18-14-12(8)11/h1-3,8-9,11,13H,4-7H2/t8-,9+,11-/m0/s1. The summed E-state index contributed by atoms with van der Waals surface area (Å²) in [5, 5.41) is 4.20. The molecule has 1 aliphatic carbocycles. The largest absolute Gasteiger partial charge is 0.469 e. The molecule has 3 aliphatic rings. The van der Waals surface area contributed by atoms with E-state index < -0.39 is 0 Å². The number of furan rings is 1. The van der Waals surface area contributed by atoms with Crippen molar-refractivity contribution in [1.82, 2.24) is 0 Å². The highest BCUT2D eigenvalue weighted by Gasteiger charge is 2.50. The van der Waals surface area contributed by atoms with Crippen LogP contribution in [0.25, 0.3) is 0 Å². The quantitative estimate of drug-likeness (QED) is 0.801. The Morgan fingerprint density at radius 2 is 2.11 bits per heavy atom. The van der Waals surface area contributed by atoms with E-state index in [2.05, 4.69) is 5.16 Å². The van der Waals surface area contributed by atoms with Gasteiger partial charge in [0.1, 0.15) is 12.4 Å². The van der Waals surface area contributed by atoms with E-state index in [1.807, 2.05) is 12.1 Å². The molecular weight excluding hydrogens is 234 g/mol. The van der Waals surface area contributed by atoms with Crippen molar-refractivity contribution in [3.63, 3.8) is 0 Å². The third-order valence-corrected chi connectivity index (χ3v) is 4.01. The average molecular weight is 249 g/mol. The molecule has 1 saturated carbocycles. The van der Waals surface area contributed by atoms with E-state index in [4.69, 9.17) is 18.7 Å². The Hall–Kier alpha value is -1.33. The fourth-order valence-electron chi connectivity index (χ4n) is 3.26. The van der Waals surface area contributed by atoms with Gasteiger partial charge in [-0.15, -0.1) is 0 Å². The number of ether oxygens (including phenoxy) is 2. The fourth-order valence-corrected chi connectivity index (χ4v) is 3.26. The topological polar surface area (TPSA) is 53.2 Å². The maximum atomic E-state index is 5.67. The van der Waals surface area contributed by atoms with Crippen molar-refractivity contribution < 1.29 is 18.7 Å². The van der Waals surface area contributed by atoms with E-state index in [9.17, 15) is 0 Å². The van der Waals surface area contributed by atoms with Crippen LogP contribution in [0.1, 0.15) is 18.1 Å². The lowest BCUT2D eigenvalue weighted by atomic mass is 9.92. The van der Waals surface area contributed by atoms with E-state index in [1.165, 1.54) is 0 Å². The molecule has 3 atom stereocenters. The molecule has 2 fully saturated rings. The van der Waals surface area contributed by atoms with Gasteiger partial charge in [-0.25, -0.2) is 0 Å². The lowest BCUT2D eigenvalue weighted by Crippen LogP contribution is -2.25. The minimum absolute atomic E-state index is 0.131. The van der Waals surface area contributed by atoms with Crippen molar-refractivity contribution in [3.8, 4) is 0 Å². The van der Waals surface area contributed by atoms with Gasteiger partial charge in [-0.05, 0) is 18.6 Å². The molecule has 0 amide bonds. The molecule has 0 aromatic carbocycles. The van der Waals surface area contributed by atoms with Gasteiger partial charge >= 0.3 is 0 Å². The Bertz CT molecular complexity index is 450. The second-order valence-corrected chi connectivity index (χ2v) is 5.01. The van der Waals surface area contributed by atoms with Crippen LogP contribution in [-0.2, 0) is 14.3 Å². The van der Waals surface area contributed by atoms with Gasteiger partial charge in [0.2, 0.25) is 0 Å². The molecule has 0 N–H and O–H groups in total. The van der Waals surface area contributed by atoms with E-state index in [-0.39, 0.29) is 18.1 Å². The zero-order valence-electron chi connectivity index (χ0n) is 9.95. The van der Waals surface area contributed by atoms with Crippen LogP contribution in [0.3, 0.4) is 0 Å². The zero-order valence-corrected chi connectivity index (χ0v) is 9.95. The van der Waals surface area contributed by atoms with Crippen LogP contribution in [-0.4, -0.2) is 31.8 Å². The number of nitrogens with zero attached hydrogens (tertiary/aromatic N) is 1. The lowest BCUT2D eigenvalue weighted by Gasteiger charge is -2.22. The molecule has 96 valence electrons. The van der Waals surface area contributed by atoms with Gasteiger partial charge in [-0.1, -0.05) is 5.16 Å². The predicted octanol–water partition coefficient (Wildman–Crippen LogP) is 1.76. The fraction of sp³-hybridized carbons (Fsp3) is 0.615. The molecule has 1 aromatic rings. The van der Waals surface area contributed by atoms with Crippen molar-refractivity contribution in [2.45, 2.75) is 18.6 Å². The highest BCUT2D eigenvalue weighted by atomic mass is 16.7. The third-order valence-electron chi connectivity index (χ3n) is 4.01. The minimum atomic E-state index is -0.131. The monoisotopic (exact) mass is 249 g/mol. The van der Waals surface area contributed by atoms with Crippen LogP contribution in [0, 0.1) is 11.8 Å². The first-order chi connectivity index (χ1) is 8.93. The molecular formula is C13H15NO4. The zero-order chi connectivity index (χ0) is 11.9. The molecule has 3 heterocycles. The molecule has 4 rings (SSSR count). The summed E-state index contributed by atoms with van der Waals surface area (Å²) in [5.41, 5.74) is 1.09. The predicted molar refractivity (Wildman–Crippen MR) is 62.1 cm³/mol. The lowest BCUT2D eigenvalue weighted by molar-refractivity contribution is -0.0877. The summed E-state index contributed by atoms with van der Waals surface area (Å²) in [6, 6.07) is 3.91. The van der Waals surface area contributed by atoms with Crippen LogP contribution in [0.5, 0.6) is 0 Å². The van der Waals surface area contributed by atoms with E-state index in [0.29, 0.717) is 25.7 Å². The van der Waals surface area contributed by atoms with Gasteiger partial charge in [0.15, 0.2) is 6.29 Å². The molecule has 2 aliphatic heterocycles. The molecule has 1 aromatic heterocycles. The first-order valence-corrected chi connectivity index (χ1v) is 6.40. The third kappa shape index (κ3) is 1.51. The van der Waals surface area contributed by atoms with Crippen molar-refractivity contribution in [3.05, 3.63) is 24.2 Å². The summed E-state index contributed by atoms with van der Waals surface area (Å²) in [6.07, 6.45) is 2.56. The molecule has 18 heavy (non-hydrogen) atoms. The number of rotatable bonds is 2. The Morgan fingerprint density at radius 3 is 2.89 bits per heavy atom. The number of fused-ring (bicyclic) bond motifs is 1. The molecule has 0 bridgehead atoms. The van der Waals surface area contributed by atoms with Crippen molar-refractivity contribution in [1.29, 1.82) is 0 Å². The minimum Gasteiger partial charge on any atom is -0.469 e. The van der Waals surface area contributed by atoms with Crippen LogP contribution in [0.4, 0.5) is 0 Å². The number of hydrogen-bond donors (Lipinski definition) is 0. The van der Waals surface area contributed by atoms with Crippen LogP contribution >= 0.6 is 0 Å². The van der Waals surface area contributed by atoms with Gasteiger partial charge in [0, 0.05) is 11.8 Å². The highest BCUT2D eigenvalue weighted by molar-refractivity contribution is 5.95. The molecule has 1 saturated heterocycles. The summed E-state index contributed by atoms with van der Waals surface area (Å²) in [7, 11) is 0. The SMILES string of the molecule is c1coc([C@H]2C3=NOC[C@@H]3C[C@H]2C2OCCO2)c1. The van der Waals surface area contributed by atoms with Crippen molar-refractivity contribution in [2.75, 3.05) is 19.8 Å². The van der Waals surface area contributed by atoms with E-state index in [0.717, 1.165) is 17.9 Å².